The van der Waals surface area contributed by atoms with Crippen molar-refractivity contribution in [2.75, 3.05) is 7.11 Å². The fourth-order valence-corrected chi connectivity index (χ4v) is 1.43. The molecule has 0 atom stereocenters. The smallest absolute Gasteiger partial charge is 0.387 e. The normalized spacial score (nSPS) is 10.4. The highest BCUT2D eigenvalue weighted by molar-refractivity contribution is 6.44. The number of alkyl halides is 2. The van der Waals surface area contributed by atoms with Gasteiger partial charge >= 0.3 is 12.6 Å². The van der Waals surface area contributed by atoms with E-state index in [-0.39, 0.29) is 21.4 Å². The molecule has 0 N–H and O–H groups in total. The van der Waals surface area contributed by atoms with Crippen LogP contribution >= 0.6 is 23.2 Å². The molecule has 0 unspecified atom stereocenters. The van der Waals surface area contributed by atoms with Gasteiger partial charge < -0.3 is 9.47 Å². The monoisotopic (exact) mass is 270 g/mol. The van der Waals surface area contributed by atoms with Gasteiger partial charge in [-0.3, -0.25) is 0 Å². The predicted octanol–water partition coefficient (Wildman–Crippen LogP) is 3.38. The van der Waals surface area contributed by atoms with E-state index >= 15 is 0 Å². The van der Waals surface area contributed by atoms with E-state index in [9.17, 15) is 13.6 Å². The van der Waals surface area contributed by atoms with E-state index in [4.69, 9.17) is 23.2 Å². The number of esters is 1. The maximum Gasteiger partial charge on any atom is 0.387 e. The van der Waals surface area contributed by atoms with Gasteiger partial charge in [0, 0.05) is 0 Å². The SMILES string of the molecule is COC(=O)c1ccc(OC(F)F)c(Cl)c1Cl. The maximum atomic E-state index is 11.9. The van der Waals surface area contributed by atoms with Crippen molar-refractivity contribution < 1.29 is 23.0 Å². The number of carbonyl (C=O) groups excluding carboxylic acids is 1. The molecule has 0 saturated heterocycles. The van der Waals surface area contributed by atoms with Gasteiger partial charge in [0.15, 0.2) is 0 Å². The number of methoxy groups -OCH3 is 1. The minimum Gasteiger partial charge on any atom is -0.465 e. The highest BCUT2D eigenvalue weighted by atomic mass is 35.5. The van der Waals surface area contributed by atoms with Crippen molar-refractivity contribution in [2.45, 2.75) is 6.61 Å². The molecule has 1 aromatic carbocycles. The lowest BCUT2D eigenvalue weighted by Gasteiger charge is -2.09. The second kappa shape index (κ2) is 5.32. The lowest BCUT2D eigenvalue weighted by Crippen LogP contribution is -2.06. The van der Waals surface area contributed by atoms with Gasteiger partial charge in [0.1, 0.15) is 10.8 Å². The minimum absolute atomic E-state index is 0.0178. The van der Waals surface area contributed by atoms with E-state index in [1.165, 1.54) is 6.07 Å². The average Bonchev–Trinajstić information content (AvgIpc) is 2.23. The molecule has 0 amide bonds. The van der Waals surface area contributed by atoms with Crippen molar-refractivity contribution >= 4 is 29.2 Å². The molecule has 0 aliphatic heterocycles. The molecule has 0 aliphatic carbocycles. The number of rotatable bonds is 3. The summed E-state index contributed by atoms with van der Waals surface area (Å²) in [4.78, 5) is 11.2. The van der Waals surface area contributed by atoms with Gasteiger partial charge in [0.05, 0.1) is 17.7 Å². The van der Waals surface area contributed by atoms with Crippen molar-refractivity contribution in [2.24, 2.45) is 0 Å². The van der Waals surface area contributed by atoms with Crippen LogP contribution in [-0.4, -0.2) is 19.7 Å². The largest absolute Gasteiger partial charge is 0.465 e. The summed E-state index contributed by atoms with van der Waals surface area (Å²) < 4.78 is 32.4. The molecule has 0 aliphatic rings. The summed E-state index contributed by atoms with van der Waals surface area (Å²) >= 11 is 11.3. The first kappa shape index (κ1) is 13.0. The first-order valence-electron chi connectivity index (χ1n) is 3.98. The summed E-state index contributed by atoms with van der Waals surface area (Å²) in [5.41, 5.74) is -0.0178. The molecule has 7 heteroatoms. The first-order valence-corrected chi connectivity index (χ1v) is 4.74. The Morgan fingerprint density at radius 1 is 1.31 bits per heavy atom. The van der Waals surface area contributed by atoms with Gasteiger partial charge in [-0.05, 0) is 12.1 Å². The number of ether oxygens (including phenoxy) is 2. The van der Waals surface area contributed by atoms with Crippen LogP contribution in [0.5, 0.6) is 5.75 Å². The Balaban J connectivity index is 3.13. The predicted molar refractivity (Wildman–Crippen MR) is 54.4 cm³/mol. The summed E-state index contributed by atoms with van der Waals surface area (Å²) in [6, 6.07) is 2.31. The van der Waals surface area contributed by atoms with Crippen molar-refractivity contribution in [3.8, 4) is 5.75 Å². The summed E-state index contributed by atoms with van der Waals surface area (Å²) in [6.07, 6.45) is 0. The molecule has 0 spiro atoms. The molecule has 0 fully saturated rings. The molecule has 0 bridgehead atoms. The van der Waals surface area contributed by atoms with E-state index in [0.29, 0.717) is 0 Å². The molecular weight excluding hydrogens is 265 g/mol. The zero-order valence-electron chi connectivity index (χ0n) is 7.97. The molecule has 0 aromatic heterocycles. The minimum atomic E-state index is -3.02. The quantitative estimate of drug-likeness (QED) is 0.790. The molecule has 3 nitrogen and oxygen atoms in total. The molecule has 16 heavy (non-hydrogen) atoms. The fourth-order valence-electron chi connectivity index (χ4n) is 0.986. The molecule has 1 rings (SSSR count). The maximum absolute atomic E-state index is 11.9. The zero-order valence-corrected chi connectivity index (χ0v) is 9.48. The third kappa shape index (κ3) is 2.74. The average molecular weight is 271 g/mol. The topological polar surface area (TPSA) is 35.5 Å². The fraction of sp³-hybridized carbons (Fsp3) is 0.222. The first-order chi connectivity index (χ1) is 7.47. The summed E-state index contributed by atoms with van der Waals surface area (Å²) in [5.74, 6) is -1.01. The lowest BCUT2D eigenvalue weighted by molar-refractivity contribution is -0.0497. The second-order valence-corrected chi connectivity index (χ2v) is 3.37. The number of carbonyl (C=O) groups is 1. The molecule has 88 valence electrons. The Hall–Kier alpha value is -1.07. The van der Waals surface area contributed by atoms with Crippen LogP contribution in [-0.2, 0) is 4.74 Å². The Morgan fingerprint density at radius 2 is 1.94 bits per heavy atom. The lowest BCUT2D eigenvalue weighted by atomic mass is 10.2. The molecule has 0 radical (unpaired) electrons. The Morgan fingerprint density at radius 3 is 2.44 bits per heavy atom. The van der Waals surface area contributed by atoms with Gasteiger partial charge in [0.2, 0.25) is 0 Å². The third-order valence-electron chi connectivity index (χ3n) is 1.67. The van der Waals surface area contributed by atoms with E-state index < -0.39 is 12.6 Å². The van der Waals surface area contributed by atoms with Crippen LogP contribution in [0.25, 0.3) is 0 Å². The molecule has 0 heterocycles. The van der Waals surface area contributed by atoms with Crippen molar-refractivity contribution in [3.63, 3.8) is 0 Å². The highest BCUT2D eigenvalue weighted by Crippen LogP contribution is 2.35. The van der Waals surface area contributed by atoms with Gasteiger partial charge in [-0.25, -0.2) is 4.79 Å². The standard InChI is InChI=1S/C9H6Cl2F2O3/c1-15-8(14)4-2-3-5(16-9(12)13)7(11)6(4)10/h2-3,9H,1H3. The Kier molecular flexibility index (Phi) is 4.32. The van der Waals surface area contributed by atoms with Gasteiger partial charge in [-0.2, -0.15) is 8.78 Å². The summed E-state index contributed by atoms with van der Waals surface area (Å²) in [6.45, 7) is -3.02. The highest BCUT2D eigenvalue weighted by Gasteiger charge is 2.18. The van der Waals surface area contributed by atoms with Gasteiger partial charge in [-0.1, -0.05) is 23.2 Å². The third-order valence-corrected chi connectivity index (χ3v) is 2.53. The van der Waals surface area contributed by atoms with Crippen LogP contribution in [0.3, 0.4) is 0 Å². The number of halogens is 4. The van der Waals surface area contributed by atoms with Gasteiger partial charge in [-0.15, -0.1) is 0 Å². The Labute approximate surface area is 99.9 Å². The zero-order chi connectivity index (χ0) is 12.3. The molecular formula is C9H6Cl2F2O3. The van der Waals surface area contributed by atoms with E-state index in [1.54, 1.807) is 0 Å². The number of benzene rings is 1. The molecule has 1 aromatic rings. The van der Waals surface area contributed by atoms with Crippen LogP contribution < -0.4 is 4.74 Å². The molecule has 0 saturated carbocycles. The van der Waals surface area contributed by atoms with Crippen molar-refractivity contribution in [1.82, 2.24) is 0 Å². The summed E-state index contributed by atoms with van der Waals surface area (Å²) in [7, 11) is 1.16. The van der Waals surface area contributed by atoms with Crippen molar-refractivity contribution in [3.05, 3.63) is 27.7 Å². The van der Waals surface area contributed by atoms with E-state index in [0.717, 1.165) is 13.2 Å². The van der Waals surface area contributed by atoms with E-state index in [1.807, 2.05) is 0 Å². The van der Waals surface area contributed by atoms with Crippen LogP contribution in [0.2, 0.25) is 10.0 Å². The van der Waals surface area contributed by atoms with Gasteiger partial charge in [0.25, 0.3) is 0 Å². The Bertz CT molecular complexity index is 410. The second-order valence-electron chi connectivity index (χ2n) is 2.61. The van der Waals surface area contributed by atoms with E-state index in [2.05, 4.69) is 9.47 Å². The summed E-state index contributed by atoms with van der Waals surface area (Å²) in [5, 5.41) is -0.448. The van der Waals surface area contributed by atoms with Crippen LogP contribution in [0.15, 0.2) is 12.1 Å². The van der Waals surface area contributed by atoms with Crippen LogP contribution in [0.4, 0.5) is 8.78 Å². The number of hydrogen-bond donors (Lipinski definition) is 0. The van der Waals surface area contributed by atoms with Crippen LogP contribution in [0.1, 0.15) is 10.4 Å². The number of hydrogen-bond acceptors (Lipinski definition) is 3. The van der Waals surface area contributed by atoms with Crippen LogP contribution in [0, 0.1) is 0 Å². The van der Waals surface area contributed by atoms with Crippen molar-refractivity contribution in [1.29, 1.82) is 0 Å².